The average molecular weight is 210 g/mol. The zero-order chi connectivity index (χ0) is 10.7. The van der Waals surface area contributed by atoms with Crippen LogP contribution in [0.25, 0.3) is 0 Å². The van der Waals surface area contributed by atoms with Crippen molar-refractivity contribution < 1.29 is 9.53 Å². The number of thiol groups is 1. The van der Waals surface area contributed by atoms with Crippen molar-refractivity contribution in [3.63, 3.8) is 0 Å². The Morgan fingerprint density at radius 3 is 2.57 bits per heavy atom. The number of ether oxygens (including phenoxy) is 1. The van der Waals surface area contributed by atoms with Crippen LogP contribution in [0.1, 0.15) is 29.8 Å². The van der Waals surface area contributed by atoms with Crippen molar-refractivity contribution >= 4 is 18.6 Å². The molecule has 1 aromatic rings. The van der Waals surface area contributed by atoms with Gasteiger partial charge < -0.3 is 4.74 Å². The zero-order valence-corrected chi connectivity index (χ0v) is 9.47. The Labute approximate surface area is 89.7 Å². The molecule has 0 bridgehead atoms. The van der Waals surface area contributed by atoms with Crippen molar-refractivity contribution in [1.82, 2.24) is 0 Å². The third-order valence-corrected chi connectivity index (χ3v) is 2.09. The van der Waals surface area contributed by atoms with Gasteiger partial charge in [-0.15, -0.1) is 12.6 Å². The maximum atomic E-state index is 11.5. The van der Waals surface area contributed by atoms with Crippen LogP contribution in [0.4, 0.5) is 0 Å². The van der Waals surface area contributed by atoms with Crippen molar-refractivity contribution in [1.29, 1.82) is 0 Å². The smallest absolute Gasteiger partial charge is 0.339 e. The molecule has 1 rings (SSSR count). The van der Waals surface area contributed by atoms with Gasteiger partial charge in [0, 0.05) is 4.90 Å². The van der Waals surface area contributed by atoms with E-state index in [1.54, 1.807) is 6.07 Å². The fourth-order valence-corrected chi connectivity index (χ4v) is 1.46. The van der Waals surface area contributed by atoms with Gasteiger partial charge in [0.25, 0.3) is 0 Å². The van der Waals surface area contributed by atoms with Crippen LogP contribution in [-0.2, 0) is 4.74 Å². The van der Waals surface area contributed by atoms with Crippen LogP contribution in [0.2, 0.25) is 0 Å². The minimum absolute atomic E-state index is 0.100. The summed E-state index contributed by atoms with van der Waals surface area (Å²) in [5, 5.41) is 0. The first-order valence-electron chi connectivity index (χ1n) is 4.51. The molecule has 0 atom stereocenters. The molecule has 0 amide bonds. The predicted molar refractivity (Wildman–Crippen MR) is 59.0 cm³/mol. The third kappa shape index (κ3) is 2.77. The van der Waals surface area contributed by atoms with Crippen LogP contribution in [0.15, 0.2) is 23.1 Å². The fourth-order valence-electron chi connectivity index (χ4n) is 1.09. The number of aryl methyl sites for hydroxylation is 1. The first kappa shape index (κ1) is 11.1. The molecule has 14 heavy (non-hydrogen) atoms. The summed E-state index contributed by atoms with van der Waals surface area (Å²) in [4.78, 5) is 12.2. The van der Waals surface area contributed by atoms with E-state index in [2.05, 4.69) is 12.6 Å². The average Bonchev–Trinajstić information content (AvgIpc) is 2.01. The number of carbonyl (C=O) groups excluding carboxylic acids is 1. The van der Waals surface area contributed by atoms with Gasteiger partial charge in [0.15, 0.2) is 0 Å². The summed E-state index contributed by atoms with van der Waals surface area (Å²) >= 11 is 4.23. The summed E-state index contributed by atoms with van der Waals surface area (Å²) in [7, 11) is 0. The van der Waals surface area contributed by atoms with Crippen LogP contribution in [0, 0.1) is 6.92 Å². The molecule has 0 unspecified atom stereocenters. The quantitative estimate of drug-likeness (QED) is 0.600. The highest BCUT2D eigenvalue weighted by Crippen LogP contribution is 2.17. The lowest BCUT2D eigenvalue weighted by Gasteiger charge is -2.09. The van der Waals surface area contributed by atoms with E-state index in [4.69, 9.17) is 4.74 Å². The molecule has 0 N–H and O–H groups in total. The van der Waals surface area contributed by atoms with Crippen molar-refractivity contribution in [3.05, 3.63) is 29.3 Å². The van der Waals surface area contributed by atoms with Crippen LogP contribution >= 0.6 is 12.6 Å². The van der Waals surface area contributed by atoms with Crippen molar-refractivity contribution in [2.75, 3.05) is 0 Å². The second-order valence-corrected chi connectivity index (χ2v) is 3.96. The van der Waals surface area contributed by atoms with Crippen LogP contribution < -0.4 is 0 Å². The van der Waals surface area contributed by atoms with Gasteiger partial charge in [-0.25, -0.2) is 4.79 Å². The highest BCUT2D eigenvalue weighted by Gasteiger charge is 2.11. The zero-order valence-electron chi connectivity index (χ0n) is 8.57. The fraction of sp³-hybridized carbons (Fsp3) is 0.364. The number of hydrogen-bond acceptors (Lipinski definition) is 3. The number of hydrogen-bond donors (Lipinski definition) is 1. The monoisotopic (exact) mass is 210 g/mol. The molecule has 0 heterocycles. The summed E-state index contributed by atoms with van der Waals surface area (Å²) in [6.07, 6.45) is -0.100. The van der Waals surface area contributed by atoms with E-state index in [0.29, 0.717) is 10.5 Å². The van der Waals surface area contributed by atoms with E-state index < -0.39 is 0 Å². The molecule has 0 spiro atoms. The highest BCUT2D eigenvalue weighted by atomic mass is 32.1. The molecule has 0 saturated heterocycles. The third-order valence-electron chi connectivity index (χ3n) is 1.72. The van der Waals surface area contributed by atoms with E-state index in [-0.39, 0.29) is 12.1 Å². The molecule has 3 heteroatoms. The first-order valence-corrected chi connectivity index (χ1v) is 4.96. The predicted octanol–water partition coefficient (Wildman–Crippen LogP) is 2.85. The summed E-state index contributed by atoms with van der Waals surface area (Å²) in [5.41, 5.74) is 1.60. The molecule has 0 saturated carbocycles. The van der Waals surface area contributed by atoms with Crippen molar-refractivity contribution in [2.24, 2.45) is 0 Å². The van der Waals surface area contributed by atoms with Crippen molar-refractivity contribution in [3.8, 4) is 0 Å². The standard InChI is InChI=1S/C11H14O2S/c1-7(2)13-11(12)9-5-4-8(3)6-10(9)14/h4-7,14H,1-3H3. The maximum absolute atomic E-state index is 11.5. The molecular formula is C11H14O2S. The lowest BCUT2D eigenvalue weighted by atomic mass is 10.1. The Kier molecular flexibility index (Phi) is 3.58. The molecule has 2 nitrogen and oxygen atoms in total. The molecule has 0 aromatic heterocycles. The maximum Gasteiger partial charge on any atom is 0.339 e. The number of benzene rings is 1. The van der Waals surface area contributed by atoms with E-state index >= 15 is 0 Å². The number of esters is 1. The van der Waals surface area contributed by atoms with Gasteiger partial charge in [-0.1, -0.05) is 6.07 Å². The van der Waals surface area contributed by atoms with E-state index in [9.17, 15) is 4.79 Å². The van der Waals surface area contributed by atoms with Gasteiger partial charge in [-0.3, -0.25) is 0 Å². The number of carbonyl (C=O) groups is 1. The van der Waals surface area contributed by atoms with Crippen molar-refractivity contribution in [2.45, 2.75) is 31.8 Å². The Balaban J connectivity index is 2.90. The largest absolute Gasteiger partial charge is 0.459 e. The molecule has 0 fully saturated rings. The van der Waals surface area contributed by atoms with Gasteiger partial charge in [-0.05, 0) is 38.5 Å². The minimum atomic E-state index is -0.315. The minimum Gasteiger partial charge on any atom is -0.459 e. The summed E-state index contributed by atoms with van der Waals surface area (Å²) in [6, 6.07) is 5.46. The Bertz CT molecular complexity index is 345. The number of rotatable bonds is 2. The van der Waals surface area contributed by atoms with Crippen LogP contribution in [0.5, 0.6) is 0 Å². The van der Waals surface area contributed by atoms with E-state index in [1.165, 1.54) is 0 Å². The van der Waals surface area contributed by atoms with Gasteiger partial charge in [-0.2, -0.15) is 0 Å². The Hall–Kier alpha value is -0.960. The molecule has 0 aliphatic heterocycles. The van der Waals surface area contributed by atoms with Crippen LogP contribution in [0.3, 0.4) is 0 Å². The van der Waals surface area contributed by atoms with Crippen LogP contribution in [-0.4, -0.2) is 12.1 Å². The molecular weight excluding hydrogens is 196 g/mol. The second-order valence-electron chi connectivity index (χ2n) is 3.47. The summed E-state index contributed by atoms with van der Waals surface area (Å²) in [6.45, 7) is 5.60. The molecule has 1 aromatic carbocycles. The molecule has 0 aliphatic rings. The van der Waals surface area contributed by atoms with Gasteiger partial charge in [0.05, 0.1) is 11.7 Å². The molecule has 0 aliphatic carbocycles. The van der Waals surface area contributed by atoms with E-state index in [0.717, 1.165) is 5.56 Å². The summed E-state index contributed by atoms with van der Waals surface area (Å²) < 4.78 is 5.07. The lowest BCUT2D eigenvalue weighted by molar-refractivity contribution is 0.0374. The van der Waals surface area contributed by atoms with Gasteiger partial charge in [0.2, 0.25) is 0 Å². The first-order chi connectivity index (χ1) is 6.50. The van der Waals surface area contributed by atoms with Gasteiger partial charge >= 0.3 is 5.97 Å². The topological polar surface area (TPSA) is 26.3 Å². The normalized spacial score (nSPS) is 10.4. The highest BCUT2D eigenvalue weighted by molar-refractivity contribution is 7.80. The second kappa shape index (κ2) is 4.51. The Morgan fingerprint density at radius 1 is 1.43 bits per heavy atom. The SMILES string of the molecule is Cc1ccc(C(=O)OC(C)C)c(S)c1. The molecule has 0 radical (unpaired) electrons. The summed E-state index contributed by atoms with van der Waals surface area (Å²) in [5.74, 6) is -0.315. The van der Waals surface area contributed by atoms with E-state index in [1.807, 2.05) is 32.9 Å². The lowest BCUT2D eigenvalue weighted by Crippen LogP contribution is -2.12. The Morgan fingerprint density at radius 2 is 2.07 bits per heavy atom. The molecule has 76 valence electrons. The van der Waals surface area contributed by atoms with Gasteiger partial charge in [0.1, 0.15) is 0 Å².